The fourth-order valence-corrected chi connectivity index (χ4v) is 6.71. The van der Waals surface area contributed by atoms with Crippen LogP contribution < -0.4 is 10.5 Å². The van der Waals surface area contributed by atoms with Gasteiger partial charge in [0.2, 0.25) is 5.78 Å². The molecule has 6 atom stereocenters. The lowest BCUT2D eigenvalue weighted by Gasteiger charge is -2.50. The van der Waals surface area contributed by atoms with Gasteiger partial charge < -0.3 is 40.4 Å². The first-order valence-electron chi connectivity index (χ1n) is 13.9. The molecule has 1 fully saturated rings. The molecule has 2 aliphatic carbocycles. The van der Waals surface area contributed by atoms with E-state index >= 15 is 0 Å². The van der Waals surface area contributed by atoms with Gasteiger partial charge in [0.15, 0.2) is 34.8 Å². The van der Waals surface area contributed by atoms with Crippen molar-refractivity contribution in [2.75, 3.05) is 7.11 Å². The summed E-state index contributed by atoms with van der Waals surface area (Å²) in [6.45, 7) is 4.47. The van der Waals surface area contributed by atoms with E-state index in [9.17, 15) is 44.4 Å². The number of fused-ring (bicyclic) bond motifs is 3. The van der Waals surface area contributed by atoms with Crippen molar-refractivity contribution < 1.29 is 58.6 Å². The van der Waals surface area contributed by atoms with Crippen molar-refractivity contribution in [3.63, 3.8) is 0 Å². The summed E-state index contributed by atoms with van der Waals surface area (Å²) in [6.07, 6.45) is -5.75. The van der Waals surface area contributed by atoms with Crippen LogP contribution in [0.3, 0.4) is 0 Å². The third kappa shape index (κ3) is 4.14. The van der Waals surface area contributed by atoms with E-state index in [1.165, 1.54) is 39.2 Å². The summed E-state index contributed by atoms with van der Waals surface area (Å²) in [4.78, 5) is 65.2. The van der Waals surface area contributed by atoms with Crippen LogP contribution in [-0.4, -0.2) is 85.6 Å². The van der Waals surface area contributed by atoms with E-state index in [0.717, 1.165) is 13.8 Å². The maximum atomic E-state index is 13.8. The van der Waals surface area contributed by atoms with Gasteiger partial charge in [-0.05, 0) is 33.8 Å². The highest BCUT2D eigenvalue weighted by molar-refractivity contribution is 6.31. The molecule has 1 heterocycles. The maximum Gasteiger partial charge on any atom is 0.202 e. The Hall–Kier alpha value is -4.01. The molecule has 13 nitrogen and oxygen atoms in total. The summed E-state index contributed by atoms with van der Waals surface area (Å²) in [6, 6.07) is 4.34. The molecule has 0 aromatic heterocycles. The van der Waals surface area contributed by atoms with Crippen LogP contribution in [0.25, 0.3) is 0 Å². The van der Waals surface area contributed by atoms with Crippen LogP contribution >= 0.6 is 0 Å². The van der Waals surface area contributed by atoms with Gasteiger partial charge >= 0.3 is 0 Å². The van der Waals surface area contributed by atoms with E-state index in [-0.39, 0.29) is 40.8 Å². The average molecular weight is 612 g/mol. The number of benzene rings is 2. The topological polar surface area (TPSA) is 220 Å². The Morgan fingerprint density at radius 3 is 2.14 bits per heavy atom. The lowest BCUT2D eigenvalue weighted by molar-refractivity contribution is -0.306. The standard InChI is InChI=1S/C31H33NO12/c1-12(33)29(32)9-17-22(19(10-29)44-20-11-30(40,13(2)34)31(41,14(3)35)15(4)43-20)28(39)24-23(26(17)37)25(36)16-7-6-8-18(42-5)21(16)27(24)38/h6-8,15,19-20,37,39-41H,9-11,32H2,1-5H3/t15-,19?,20+,29?,30+,31+/m1/s1. The van der Waals surface area contributed by atoms with Gasteiger partial charge in [0.25, 0.3) is 0 Å². The number of Topliss-reactive ketones (excluding diaryl/α,β-unsaturated/α-hetero) is 3. The van der Waals surface area contributed by atoms with Crippen molar-refractivity contribution in [3.05, 3.63) is 51.6 Å². The van der Waals surface area contributed by atoms with E-state index < -0.39 is 93.2 Å². The van der Waals surface area contributed by atoms with Crippen molar-refractivity contribution in [2.45, 2.75) is 82.2 Å². The summed E-state index contributed by atoms with van der Waals surface area (Å²) >= 11 is 0. The Morgan fingerprint density at radius 1 is 0.932 bits per heavy atom. The van der Waals surface area contributed by atoms with Crippen LogP contribution in [0, 0.1) is 0 Å². The van der Waals surface area contributed by atoms with Crippen LogP contribution in [0.4, 0.5) is 0 Å². The molecule has 0 bridgehead atoms. The minimum atomic E-state index is -2.64. The van der Waals surface area contributed by atoms with E-state index in [1.54, 1.807) is 0 Å². The smallest absolute Gasteiger partial charge is 0.202 e. The van der Waals surface area contributed by atoms with Gasteiger partial charge in [-0.25, -0.2) is 0 Å². The highest BCUT2D eigenvalue weighted by atomic mass is 16.7. The molecule has 5 rings (SSSR count). The molecule has 3 aliphatic rings. The summed E-state index contributed by atoms with van der Waals surface area (Å²) in [5.41, 5.74) is -1.89. The highest BCUT2D eigenvalue weighted by Gasteiger charge is 2.64. The van der Waals surface area contributed by atoms with E-state index in [4.69, 9.17) is 19.9 Å². The molecule has 0 saturated carbocycles. The van der Waals surface area contributed by atoms with Gasteiger partial charge in [0.05, 0.1) is 41.5 Å². The van der Waals surface area contributed by atoms with Crippen LogP contribution in [-0.2, 0) is 30.3 Å². The second kappa shape index (κ2) is 10.3. The van der Waals surface area contributed by atoms with Crippen LogP contribution in [0.2, 0.25) is 0 Å². The summed E-state index contributed by atoms with van der Waals surface area (Å²) in [7, 11) is 1.31. The number of phenols is 2. The van der Waals surface area contributed by atoms with Crippen LogP contribution in [0.15, 0.2) is 18.2 Å². The molecule has 1 saturated heterocycles. The van der Waals surface area contributed by atoms with Crippen LogP contribution in [0.1, 0.15) is 89.6 Å². The van der Waals surface area contributed by atoms with Gasteiger partial charge in [-0.15, -0.1) is 0 Å². The molecule has 234 valence electrons. The van der Waals surface area contributed by atoms with E-state index in [0.29, 0.717) is 0 Å². The number of phenolic OH excluding ortho intramolecular Hbond substituents is 2. The first-order valence-corrected chi connectivity index (χ1v) is 13.9. The van der Waals surface area contributed by atoms with Crippen LogP contribution in [0.5, 0.6) is 17.2 Å². The summed E-state index contributed by atoms with van der Waals surface area (Å²) in [5, 5.41) is 45.5. The normalized spacial score (nSPS) is 31.0. The third-order valence-corrected chi connectivity index (χ3v) is 9.30. The van der Waals surface area contributed by atoms with Gasteiger partial charge in [-0.1, -0.05) is 12.1 Å². The molecule has 0 radical (unpaired) electrons. The Labute approximate surface area is 251 Å². The van der Waals surface area contributed by atoms with Crippen molar-refractivity contribution in [2.24, 2.45) is 5.73 Å². The number of hydrogen-bond acceptors (Lipinski definition) is 13. The number of carbonyl (C=O) groups is 5. The van der Waals surface area contributed by atoms with Crippen molar-refractivity contribution >= 4 is 28.9 Å². The van der Waals surface area contributed by atoms with Gasteiger partial charge in [0.1, 0.15) is 23.0 Å². The number of aromatic hydroxyl groups is 2. The molecule has 44 heavy (non-hydrogen) atoms. The van der Waals surface area contributed by atoms with Crippen molar-refractivity contribution in [1.29, 1.82) is 0 Å². The zero-order valence-corrected chi connectivity index (χ0v) is 24.7. The minimum Gasteiger partial charge on any atom is -0.507 e. The highest BCUT2D eigenvalue weighted by Crippen LogP contribution is 2.52. The zero-order valence-electron chi connectivity index (χ0n) is 24.7. The second-order valence-electron chi connectivity index (χ2n) is 11.7. The Bertz CT molecular complexity index is 1670. The molecule has 6 N–H and O–H groups in total. The molecule has 2 aromatic carbocycles. The lowest BCUT2D eigenvalue weighted by Crippen LogP contribution is -2.72. The molecule has 2 aromatic rings. The SMILES string of the molecule is COc1cccc2c1C(=O)c1c(O)c3c(c(O)c1C2=O)CC(N)(C(C)=O)CC3O[C@H]1C[C@](O)(C(C)=O)[C@](O)(C(C)=O)[C@@H](C)O1. The molecule has 1 aliphatic heterocycles. The second-order valence-corrected chi connectivity index (χ2v) is 11.7. The molecular weight excluding hydrogens is 578 g/mol. The number of rotatable bonds is 6. The number of hydrogen-bond donors (Lipinski definition) is 5. The van der Waals surface area contributed by atoms with Gasteiger partial charge in [-0.3, -0.25) is 24.0 Å². The number of carbonyl (C=O) groups excluding carboxylic acids is 5. The first kappa shape index (κ1) is 31.4. The fourth-order valence-electron chi connectivity index (χ4n) is 6.71. The molecule has 13 heteroatoms. The molecule has 2 unspecified atom stereocenters. The molecule has 0 amide bonds. The third-order valence-electron chi connectivity index (χ3n) is 9.30. The summed E-state index contributed by atoms with van der Waals surface area (Å²) < 4.78 is 17.1. The Morgan fingerprint density at radius 2 is 1.57 bits per heavy atom. The number of ketones is 5. The maximum absolute atomic E-state index is 13.8. The van der Waals surface area contributed by atoms with E-state index in [2.05, 4.69) is 0 Å². The largest absolute Gasteiger partial charge is 0.507 e. The number of methoxy groups -OCH3 is 1. The monoisotopic (exact) mass is 611 g/mol. The fraction of sp³-hybridized carbons (Fsp3) is 0.452. The van der Waals surface area contributed by atoms with Crippen molar-refractivity contribution in [1.82, 2.24) is 0 Å². The van der Waals surface area contributed by atoms with Gasteiger partial charge in [-0.2, -0.15) is 0 Å². The molecular formula is C31H33NO12. The van der Waals surface area contributed by atoms with E-state index in [1.807, 2.05) is 0 Å². The number of ether oxygens (including phenoxy) is 3. The quantitative estimate of drug-likeness (QED) is 0.245. The first-order chi connectivity index (χ1) is 20.4. The minimum absolute atomic E-state index is 0.0586. The zero-order chi connectivity index (χ0) is 32.7. The number of nitrogens with two attached hydrogens (primary N) is 1. The summed E-state index contributed by atoms with van der Waals surface area (Å²) in [5.74, 6) is -5.26. The van der Waals surface area contributed by atoms with Crippen molar-refractivity contribution in [3.8, 4) is 17.2 Å². The van der Waals surface area contributed by atoms with Gasteiger partial charge in [0, 0.05) is 36.0 Å². The average Bonchev–Trinajstić information content (AvgIpc) is 2.95. The predicted octanol–water partition coefficient (Wildman–Crippen LogP) is 0.947. The molecule has 0 spiro atoms. The Balaban J connectivity index is 1.67. The Kier molecular flexibility index (Phi) is 7.34. The lowest BCUT2D eigenvalue weighted by atomic mass is 9.70. The number of aliphatic hydroxyl groups is 2. The predicted molar refractivity (Wildman–Crippen MR) is 150 cm³/mol.